The minimum absolute atomic E-state index is 0.0878. The van der Waals surface area contributed by atoms with E-state index in [-0.39, 0.29) is 23.4 Å². The number of nitrogens with one attached hydrogen (secondary N) is 1. The summed E-state index contributed by atoms with van der Waals surface area (Å²) in [6.07, 6.45) is -4.61. The second-order valence-electron chi connectivity index (χ2n) is 7.36. The van der Waals surface area contributed by atoms with E-state index in [1.54, 1.807) is 0 Å². The molecule has 0 spiro atoms. The molecule has 0 atom stereocenters. The molecule has 1 aliphatic rings. The third-order valence-electron chi connectivity index (χ3n) is 5.10. The van der Waals surface area contributed by atoms with Crippen LogP contribution in [0.3, 0.4) is 0 Å². The summed E-state index contributed by atoms with van der Waals surface area (Å²) in [7, 11) is 1.96. The number of aromatic hydroxyl groups is 1. The Kier molecular flexibility index (Phi) is 6.46. The molecule has 0 aliphatic carbocycles. The second-order valence-corrected chi connectivity index (χ2v) is 7.36. The number of nitrogens with zero attached hydrogens (tertiary/aromatic N) is 3. The van der Waals surface area contributed by atoms with E-state index in [1.165, 1.54) is 12.1 Å². The Morgan fingerprint density at radius 1 is 1.16 bits per heavy atom. The third-order valence-corrected chi connectivity index (χ3v) is 5.10. The highest BCUT2D eigenvalue weighted by Gasteiger charge is 2.34. The average Bonchev–Trinajstić information content (AvgIpc) is 2.70. The fourth-order valence-corrected chi connectivity index (χ4v) is 3.32. The van der Waals surface area contributed by atoms with Crippen molar-refractivity contribution in [1.82, 2.24) is 9.80 Å². The summed E-state index contributed by atoms with van der Waals surface area (Å²) >= 11 is 0. The molecule has 166 valence electrons. The number of piperazine rings is 1. The van der Waals surface area contributed by atoms with Crippen LogP contribution >= 0.6 is 0 Å². The molecular weight excluding hydrogens is 417 g/mol. The van der Waals surface area contributed by atoms with Crippen molar-refractivity contribution in [2.24, 2.45) is 0 Å². The summed E-state index contributed by atoms with van der Waals surface area (Å²) in [6, 6.07) is 6.54. The first-order chi connectivity index (χ1) is 14.5. The van der Waals surface area contributed by atoms with Gasteiger partial charge < -0.3 is 15.3 Å². The number of amides is 1. The lowest BCUT2D eigenvalue weighted by atomic mass is 10.0. The van der Waals surface area contributed by atoms with E-state index in [2.05, 4.69) is 10.2 Å². The molecule has 0 bridgehead atoms. The minimum Gasteiger partial charge on any atom is -0.502 e. The first-order valence-electron chi connectivity index (χ1n) is 9.44. The van der Waals surface area contributed by atoms with Crippen LogP contribution in [0.4, 0.5) is 24.5 Å². The van der Waals surface area contributed by atoms with Gasteiger partial charge in [0.15, 0.2) is 5.75 Å². The first kappa shape index (κ1) is 22.5. The largest absolute Gasteiger partial charge is 0.502 e. The van der Waals surface area contributed by atoms with Crippen molar-refractivity contribution in [3.63, 3.8) is 0 Å². The summed E-state index contributed by atoms with van der Waals surface area (Å²) in [6.45, 7) is 3.00. The Morgan fingerprint density at radius 3 is 2.45 bits per heavy atom. The van der Waals surface area contributed by atoms with Crippen LogP contribution < -0.4 is 5.32 Å². The Morgan fingerprint density at radius 2 is 1.84 bits per heavy atom. The van der Waals surface area contributed by atoms with Gasteiger partial charge in [0, 0.05) is 50.0 Å². The lowest BCUT2D eigenvalue weighted by Crippen LogP contribution is -2.44. The highest BCUT2D eigenvalue weighted by molar-refractivity contribution is 6.04. The smallest absolute Gasteiger partial charge is 0.416 e. The van der Waals surface area contributed by atoms with E-state index >= 15 is 0 Å². The molecule has 1 aliphatic heterocycles. The van der Waals surface area contributed by atoms with Gasteiger partial charge in [-0.25, -0.2) is 0 Å². The Balaban J connectivity index is 1.81. The predicted molar refractivity (Wildman–Crippen MR) is 107 cm³/mol. The van der Waals surface area contributed by atoms with E-state index in [1.807, 2.05) is 11.9 Å². The van der Waals surface area contributed by atoms with Gasteiger partial charge in [-0.15, -0.1) is 0 Å². The van der Waals surface area contributed by atoms with Crippen LogP contribution in [0.15, 0.2) is 36.4 Å². The van der Waals surface area contributed by atoms with Crippen molar-refractivity contribution in [1.29, 1.82) is 0 Å². The summed E-state index contributed by atoms with van der Waals surface area (Å²) < 4.78 is 40.9. The summed E-state index contributed by atoms with van der Waals surface area (Å²) in [5.74, 6) is -1.45. The van der Waals surface area contributed by atoms with Crippen molar-refractivity contribution in [3.8, 4) is 5.75 Å². The van der Waals surface area contributed by atoms with Crippen molar-refractivity contribution in [2.45, 2.75) is 12.7 Å². The molecular formula is C20H21F3N4O4. The lowest BCUT2D eigenvalue weighted by Gasteiger charge is -2.33. The molecule has 0 saturated carbocycles. The Hall–Kier alpha value is -3.18. The van der Waals surface area contributed by atoms with E-state index < -0.39 is 34.0 Å². The number of hydrogen-bond acceptors (Lipinski definition) is 6. The number of anilines is 1. The molecule has 2 aromatic rings. The van der Waals surface area contributed by atoms with Gasteiger partial charge in [0.1, 0.15) is 0 Å². The number of nitro groups is 1. The highest BCUT2D eigenvalue weighted by atomic mass is 19.4. The summed E-state index contributed by atoms with van der Waals surface area (Å²) in [5, 5.41) is 22.7. The zero-order valence-corrected chi connectivity index (χ0v) is 16.6. The molecule has 1 amide bonds. The number of nitro benzene ring substituents is 1. The van der Waals surface area contributed by atoms with E-state index in [0.29, 0.717) is 13.1 Å². The average molecular weight is 438 g/mol. The van der Waals surface area contributed by atoms with Crippen LogP contribution in [0.2, 0.25) is 0 Å². The van der Waals surface area contributed by atoms with Gasteiger partial charge in [0.05, 0.1) is 10.5 Å². The zero-order valence-electron chi connectivity index (χ0n) is 16.6. The molecule has 2 N–H and O–H groups in total. The number of carbonyl (C=O) groups excluding carboxylic acids is 1. The molecule has 1 saturated heterocycles. The molecule has 1 fully saturated rings. The Labute approximate surface area is 176 Å². The number of benzene rings is 2. The van der Waals surface area contributed by atoms with Crippen molar-refractivity contribution in [2.75, 3.05) is 38.5 Å². The van der Waals surface area contributed by atoms with Gasteiger partial charge in [-0.2, -0.15) is 13.2 Å². The van der Waals surface area contributed by atoms with Gasteiger partial charge >= 0.3 is 11.9 Å². The molecule has 0 unspecified atom stereocenters. The molecule has 8 nitrogen and oxygen atoms in total. The molecule has 3 rings (SSSR count). The topological polar surface area (TPSA) is 99.0 Å². The third kappa shape index (κ3) is 5.50. The van der Waals surface area contributed by atoms with Gasteiger partial charge in [0.25, 0.3) is 5.91 Å². The van der Waals surface area contributed by atoms with Gasteiger partial charge in [-0.05, 0) is 36.9 Å². The van der Waals surface area contributed by atoms with Gasteiger partial charge in [-0.1, -0.05) is 6.07 Å². The fourth-order valence-electron chi connectivity index (χ4n) is 3.32. The number of phenols is 1. The molecule has 11 heteroatoms. The number of rotatable bonds is 5. The van der Waals surface area contributed by atoms with Gasteiger partial charge in [0.2, 0.25) is 0 Å². The minimum atomic E-state index is -4.61. The van der Waals surface area contributed by atoms with Crippen LogP contribution in [-0.4, -0.2) is 59.0 Å². The standard InChI is InChI=1S/C20H21F3N4O4/c1-25-6-8-26(9-7-25)12-14-2-4-15(11-16(14)20(21,22)23)24-19(29)13-3-5-18(28)17(10-13)27(30)31/h2-5,10-11,28H,6-9,12H2,1H3,(H,24,29). The van der Waals surface area contributed by atoms with Crippen molar-refractivity contribution >= 4 is 17.3 Å². The number of phenolic OH excluding ortho intramolecular Hbond substituents is 1. The maximum atomic E-state index is 13.6. The van der Waals surface area contributed by atoms with Crippen LogP contribution in [0.25, 0.3) is 0 Å². The van der Waals surface area contributed by atoms with E-state index in [0.717, 1.165) is 37.4 Å². The van der Waals surface area contributed by atoms with Crippen molar-refractivity contribution < 1.29 is 28.0 Å². The van der Waals surface area contributed by atoms with Crippen LogP contribution in [-0.2, 0) is 12.7 Å². The van der Waals surface area contributed by atoms with E-state index in [4.69, 9.17) is 0 Å². The summed E-state index contributed by atoms with van der Waals surface area (Å²) in [5.41, 5.74) is -1.67. The Bertz CT molecular complexity index is 989. The predicted octanol–water partition coefficient (Wildman–Crippen LogP) is 3.32. The van der Waals surface area contributed by atoms with Crippen LogP contribution in [0.1, 0.15) is 21.5 Å². The molecule has 0 radical (unpaired) electrons. The van der Waals surface area contributed by atoms with Gasteiger partial charge in [-0.3, -0.25) is 19.8 Å². The molecule has 1 heterocycles. The van der Waals surface area contributed by atoms with Crippen molar-refractivity contribution in [3.05, 3.63) is 63.2 Å². The maximum Gasteiger partial charge on any atom is 0.416 e. The molecule has 0 aromatic heterocycles. The summed E-state index contributed by atoms with van der Waals surface area (Å²) in [4.78, 5) is 26.5. The fraction of sp³-hybridized carbons (Fsp3) is 0.350. The highest BCUT2D eigenvalue weighted by Crippen LogP contribution is 2.35. The molecule has 31 heavy (non-hydrogen) atoms. The number of alkyl halides is 3. The molecule has 2 aromatic carbocycles. The monoisotopic (exact) mass is 438 g/mol. The lowest BCUT2D eigenvalue weighted by molar-refractivity contribution is -0.385. The SMILES string of the molecule is CN1CCN(Cc2ccc(NC(=O)c3ccc(O)c([N+](=O)[O-])c3)cc2C(F)(F)F)CC1. The number of carbonyl (C=O) groups is 1. The quantitative estimate of drug-likeness (QED) is 0.549. The maximum absolute atomic E-state index is 13.6. The van der Waals surface area contributed by atoms with E-state index in [9.17, 15) is 33.2 Å². The number of halogens is 3. The second kappa shape index (κ2) is 8.90. The van der Waals surface area contributed by atoms with Crippen LogP contribution in [0, 0.1) is 10.1 Å². The number of hydrogen-bond donors (Lipinski definition) is 2. The normalized spacial score (nSPS) is 15.6. The number of likely N-dealkylation sites (N-methyl/N-ethyl adjacent to an activating group) is 1. The zero-order chi connectivity index (χ0) is 22.8. The first-order valence-corrected chi connectivity index (χ1v) is 9.44. The van der Waals surface area contributed by atoms with Crippen LogP contribution in [0.5, 0.6) is 5.75 Å².